The van der Waals surface area contributed by atoms with Crippen LogP contribution in [0.25, 0.3) is 0 Å². The number of benzene rings is 3. The molecule has 0 aliphatic carbocycles. The van der Waals surface area contributed by atoms with Crippen molar-refractivity contribution < 1.29 is 43.8 Å². The van der Waals surface area contributed by atoms with Crippen molar-refractivity contribution in [3.63, 3.8) is 0 Å². The van der Waals surface area contributed by atoms with Gasteiger partial charge in [-0.3, -0.25) is 29.0 Å². The number of anilines is 1. The third-order valence-electron chi connectivity index (χ3n) is 7.46. The number of aliphatic carboxylic acids is 1. The third-order valence-corrected chi connectivity index (χ3v) is 7.46. The van der Waals surface area contributed by atoms with Gasteiger partial charge in [0.25, 0.3) is 5.91 Å². The highest BCUT2D eigenvalue weighted by molar-refractivity contribution is 6.15. The number of hydrogen-bond acceptors (Lipinski definition) is 9. The molecule has 1 aliphatic heterocycles. The highest BCUT2D eigenvalue weighted by atomic mass is 16.7. The standard InChI is InChI=1S/C32H32N4O9/c1-20(38)27(35(24-11-7-4-8-12-24)28(41)25(33)17-26(39)40)29(42)45-36-30(43)32(2,23-15-13-22(19-37)14-16-23)34(31(36)44)18-21-9-5-3-6-10-21/h3-16,25,27,37H,17-19,33H2,1-2H3,(H,39,40)/t25-,27-,32-/m0/s1. The highest BCUT2D eigenvalue weighted by Crippen LogP contribution is 2.39. The topological polar surface area (TPSA) is 188 Å². The lowest BCUT2D eigenvalue weighted by molar-refractivity contribution is -0.186. The Kier molecular flexibility index (Phi) is 9.75. The second-order valence-electron chi connectivity index (χ2n) is 10.6. The zero-order chi connectivity index (χ0) is 32.9. The number of hydroxylamine groups is 2. The first-order valence-electron chi connectivity index (χ1n) is 13.9. The maximum atomic E-state index is 14.0. The number of carboxylic acid groups (broad SMARTS) is 1. The number of hydrogen-bond donors (Lipinski definition) is 3. The van der Waals surface area contributed by atoms with Crippen LogP contribution in [0, 0.1) is 0 Å². The SMILES string of the molecule is CC(=O)[C@@H](C(=O)ON1C(=O)N(Cc2ccccc2)[C@@](C)(c2ccc(CO)cc2)C1=O)N(C(=O)[C@@H](N)CC(=O)O)c1ccccc1. The molecule has 45 heavy (non-hydrogen) atoms. The van der Waals surface area contributed by atoms with Gasteiger partial charge in [0, 0.05) is 12.2 Å². The Morgan fingerprint density at radius 2 is 1.49 bits per heavy atom. The summed E-state index contributed by atoms with van der Waals surface area (Å²) >= 11 is 0. The Morgan fingerprint density at radius 3 is 2.02 bits per heavy atom. The van der Waals surface area contributed by atoms with Crippen molar-refractivity contribution in [1.82, 2.24) is 9.96 Å². The number of carbonyl (C=O) groups is 6. The van der Waals surface area contributed by atoms with Crippen molar-refractivity contribution >= 4 is 41.3 Å². The maximum absolute atomic E-state index is 14.0. The molecule has 1 saturated heterocycles. The Labute approximate surface area is 258 Å². The minimum absolute atomic E-state index is 0.0269. The van der Waals surface area contributed by atoms with E-state index in [2.05, 4.69) is 0 Å². The number of urea groups is 1. The second kappa shape index (κ2) is 13.5. The van der Waals surface area contributed by atoms with Crippen molar-refractivity contribution in [2.24, 2.45) is 5.73 Å². The van der Waals surface area contributed by atoms with E-state index in [0.29, 0.717) is 21.6 Å². The number of carboxylic acids is 1. The lowest BCUT2D eigenvalue weighted by atomic mass is 9.89. The Bertz CT molecular complexity index is 1600. The number of Topliss-reactive ketones (excluding diaryl/α,β-unsaturated/α-hetero) is 1. The first-order chi connectivity index (χ1) is 21.4. The van der Waals surface area contributed by atoms with Crippen molar-refractivity contribution in [2.75, 3.05) is 4.90 Å². The predicted octanol–water partition coefficient (Wildman–Crippen LogP) is 2.11. The van der Waals surface area contributed by atoms with Crippen LogP contribution in [-0.4, -0.2) is 67.8 Å². The molecule has 0 bridgehead atoms. The van der Waals surface area contributed by atoms with Gasteiger partial charge >= 0.3 is 18.0 Å². The molecule has 4 N–H and O–H groups in total. The zero-order valence-corrected chi connectivity index (χ0v) is 24.5. The largest absolute Gasteiger partial charge is 0.481 e. The molecule has 234 valence electrons. The minimum Gasteiger partial charge on any atom is -0.481 e. The van der Waals surface area contributed by atoms with Gasteiger partial charge in [-0.15, -0.1) is 0 Å². The number of aliphatic hydroxyl groups is 1. The van der Waals surface area contributed by atoms with Crippen molar-refractivity contribution in [2.45, 2.75) is 51.0 Å². The molecule has 13 nitrogen and oxygen atoms in total. The van der Waals surface area contributed by atoms with Gasteiger partial charge in [-0.05, 0) is 42.7 Å². The molecule has 0 saturated carbocycles. The van der Waals surface area contributed by atoms with Gasteiger partial charge in [0.1, 0.15) is 5.54 Å². The molecule has 1 aliphatic rings. The summed E-state index contributed by atoms with van der Waals surface area (Å²) in [7, 11) is 0. The predicted molar refractivity (Wildman–Crippen MR) is 159 cm³/mol. The summed E-state index contributed by atoms with van der Waals surface area (Å²) in [6, 6.07) is 17.9. The molecule has 0 unspecified atom stereocenters. The van der Waals surface area contributed by atoms with Crippen LogP contribution in [0.2, 0.25) is 0 Å². The van der Waals surface area contributed by atoms with Crippen molar-refractivity contribution in [1.29, 1.82) is 0 Å². The Hall–Kier alpha value is -5.40. The summed E-state index contributed by atoms with van der Waals surface area (Å²) in [6.45, 7) is 2.16. The number of rotatable bonds is 12. The molecule has 13 heteroatoms. The van der Waals surface area contributed by atoms with Gasteiger partial charge < -0.3 is 20.8 Å². The molecule has 0 aromatic heterocycles. The minimum atomic E-state index is -2.03. The van der Waals surface area contributed by atoms with Crippen LogP contribution in [0.5, 0.6) is 0 Å². The summed E-state index contributed by atoms with van der Waals surface area (Å²) in [5.41, 5.74) is 5.76. The molecule has 1 heterocycles. The van der Waals surface area contributed by atoms with Gasteiger partial charge in [0.15, 0.2) is 11.8 Å². The summed E-state index contributed by atoms with van der Waals surface area (Å²) in [5, 5.41) is 18.9. The van der Waals surface area contributed by atoms with Gasteiger partial charge in [0.2, 0.25) is 5.91 Å². The van der Waals surface area contributed by atoms with Crippen molar-refractivity contribution in [3.05, 3.63) is 102 Å². The van der Waals surface area contributed by atoms with E-state index < -0.39 is 59.6 Å². The fourth-order valence-corrected chi connectivity index (χ4v) is 5.03. The van der Waals surface area contributed by atoms with Crippen LogP contribution in [0.4, 0.5) is 10.5 Å². The lowest BCUT2D eigenvalue weighted by Crippen LogP contribution is -2.56. The van der Waals surface area contributed by atoms with Crippen molar-refractivity contribution in [3.8, 4) is 0 Å². The van der Waals surface area contributed by atoms with E-state index in [4.69, 9.17) is 10.6 Å². The average Bonchev–Trinajstić information content (AvgIpc) is 3.20. The second-order valence-corrected chi connectivity index (χ2v) is 10.6. The normalized spacial score (nSPS) is 17.5. The molecule has 3 aromatic carbocycles. The number of para-hydroxylation sites is 1. The molecule has 3 atom stereocenters. The van der Waals surface area contributed by atoms with E-state index in [1.807, 2.05) is 0 Å². The smallest absolute Gasteiger partial charge is 0.363 e. The summed E-state index contributed by atoms with van der Waals surface area (Å²) in [6.07, 6.45) is -0.799. The number of nitrogens with two attached hydrogens (primary N) is 1. The van der Waals surface area contributed by atoms with E-state index in [1.165, 1.54) is 36.1 Å². The zero-order valence-electron chi connectivity index (χ0n) is 24.5. The number of imide groups is 1. The van der Waals surface area contributed by atoms with Crippen LogP contribution < -0.4 is 10.6 Å². The van der Waals surface area contributed by atoms with Crippen LogP contribution in [0.3, 0.4) is 0 Å². The maximum Gasteiger partial charge on any atom is 0.363 e. The first kappa shape index (κ1) is 32.5. The van der Waals surface area contributed by atoms with E-state index >= 15 is 0 Å². The summed E-state index contributed by atoms with van der Waals surface area (Å²) in [5.74, 6) is -5.75. The van der Waals surface area contributed by atoms with Gasteiger partial charge in [-0.2, -0.15) is 0 Å². The van der Waals surface area contributed by atoms with Crippen LogP contribution in [0.15, 0.2) is 84.9 Å². The number of aliphatic hydroxyl groups excluding tert-OH is 1. The van der Waals surface area contributed by atoms with Gasteiger partial charge in [0.05, 0.1) is 19.1 Å². The van der Waals surface area contributed by atoms with E-state index in [-0.39, 0.29) is 23.9 Å². The molecule has 0 radical (unpaired) electrons. The molecule has 1 fully saturated rings. The van der Waals surface area contributed by atoms with E-state index in [9.17, 15) is 39.0 Å². The number of ketones is 1. The fraction of sp³-hybridized carbons (Fsp3) is 0.250. The van der Waals surface area contributed by atoms with Gasteiger partial charge in [-0.25, -0.2) is 9.59 Å². The summed E-state index contributed by atoms with van der Waals surface area (Å²) in [4.78, 5) is 86.4. The van der Waals surface area contributed by atoms with Crippen LogP contribution in [0.1, 0.15) is 37.0 Å². The lowest BCUT2D eigenvalue weighted by Gasteiger charge is -2.32. The average molecular weight is 617 g/mol. The molecule has 0 spiro atoms. The molecule has 4 rings (SSSR count). The quantitative estimate of drug-likeness (QED) is 0.201. The summed E-state index contributed by atoms with van der Waals surface area (Å²) < 4.78 is 0. The first-order valence-corrected chi connectivity index (χ1v) is 13.9. The molecular formula is C32H32N4O9. The fourth-order valence-electron chi connectivity index (χ4n) is 5.03. The van der Waals surface area contributed by atoms with Crippen LogP contribution >= 0.6 is 0 Å². The Balaban J connectivity index is 1.73. The molecular weight excluding hydrogens is 584 g/mol. The molecule has 4 amide bonds. The van der Waals surface area contributed by atoms with Gasteiger partial charge in [-0.1, -0.05) is 77.9 Å². The molecule has 3 aromatic rings. The monoisotopic (exact) mass is 616 g/mol. The van der Waals surface area contributed by atoms with E-state index in [1.54, 1.807) is 60.7 Å². The highest BCUT2D eigenvalue weighted by Gasteiger charge is 2.58. The Morgan fingerprint density at radius 1 is 0.911 bits per heavy atom. The van der Waals surface area contributed by atoms with E-state index in [0.717, 1.165) is 6.92 Å². The number of amides is 4. The number of nitrogens with zero attached hydrogens (tertiary/aromatic N) is 3. The van der Waals surface area contributed by atoms with Crippen LogP contribution in [-0.2, 0) is 47.5 Å². The third kappa shape index (κ3) is 6.59. The number of carbonyl (C=O) groups excluding carboxylic acids is 5.